The molecule has 3 rings (SSSR count). The summed E-state index contributed by atoms with van der Waals surface area (Å²) in [6.45, 7) is 3.08. The minimum Gasteiger partial charge on any atom is -0.392 e. The van der Waals surface area contributed by atoms with E-state index in [1.165, 1.54) is 6.07 Å². The van der Waals surface area contributed by atoms with Gasteiger partial charge in [-0.2, -0.15) is 0 Å². The Morgan fingerprint density at radius 2 is 2.09 bits per heavy atom. The van der Waals surface area contributed by atoms with Gasteiger partial charge in [-0.15, -0.1) is 0 Å². The van der Waals surface area contributed by atoms with Gasteiger partial charge in [0.2, 0.25) is 5.91 Å². The first kappa shape index (κ1) is 16.4. The molecule has 1 amide bonds. The van der Waals surface area contributed by atoms with Gasteiger partial charge >= 0.3 is 0 Å². The first-order valence-corrected chi connectivity index (χ1v) is 8.23. The number of β-amino-alcohol motifs (C(OH)–C–C–N with tert-alkyl or cyclic N) is 1. The summed E-state index contributed by atoms with van der Waals surface area (Å²) >= 11 is 0. The SMILES string of the molecule is NC(=O)[C@@H]1C[C@@H](O)CN1C1CCN(Cc2cccc(F)c2)CC1. The van der Waals surface area contributed by atoms with Gasteiger partial charge in [0.05, 0.1) is 12.1 Å². The smallest absolute Gasteiger partial charge is 0.234 e. The van der Waals surface area contributed by atoms with Crippen molar-refractivity contribution in [2.24, 2.45) is 5.73 Å². The van der Waals surface area contributed by atoms with Crippen molar-refractivity contribution in [3.8, 4) is 0 Å². The largest absolute Gasteiger partial charge is 0.392 e. The Morgan fingerprint density at radius 3 is 2.74 bits per heavy atom. The summed E-state index contributed by atoms with van der Waals surface area (Å²) in [4.78, 5) is 15.9. The number of halogens is 1. The number of aliphatic hydroxyl groups is 1. The lowest BCUT2D eigenvalue weighted by Gasteiger charge is -2.38. The Hall–Kier alpha value is -1.50. The van der Waals surface area contributed by atoms with Crippen LogP contribution in [0.5, 0.6) is 0 Å². The zero-order chi connectivity index (χ0) is 16.4. The molecule has 2 heterocycles. The van der Waals surface area contributed by atoms with Crippen LogP contribution in [0, 0.1) is 5.82 Å². The van der Waals surface area contributed by atoms with Gasteiger partial charge in [-0.3, -0.25) is 14.6 Å². The second-order valence-corrected chi connectivity index (χ2v) is 6.64. The molecule has 3 N–H and O–H groups in total. The minimum absolute atomic E-state index is 0.201. The van der Waals surface area contributed by atoms with Crippen LogP contribution < -0.4 is 5.73 Å². The van der Waals surface area contributed by atoms with Gasteiger partial charge in [0, 0.05) is 19.1 Å². The molecule has 0 aromatic heterocycles. The number of aliphatic hydroxyl groups excluding tert-OH is 1. The number of hydrogen-bond acceptors (Lipinski definition) is 4. The Labute approximate surface area is 135 Å². The molecule has 0 radical (unpaired) electrons. The lowest BCUT2D eigenvalue weighted by atomic mass is 10.0. The van der Waals surface area contributed by atoms with E-state index in [9.17, 15) is 14.3 Å². The van der Waals surface area contributed by atoms with E-state index in [-0.39, 0.29) is 23.8 Å². The number of primary amides is 1. The van der Waals surface area contributed by atoms with E-state index < -0.39 is 6.10 Å². The number of amides is 1. The average molecular weight is 321 g/mol. The number of nitrogens with two attached hydrogens (primary N) is 1. The van der Waals surface area contributed by atoms with Gasteiger partial charge in [0.25, 0.3) is 0 Å². The van der Waals surface area contributed by atoms with Crippen LogP contribution in [-0.4, -0.2) is 58.6 Å². The van der Waals surface area contributed by atoms with Crippen molar-refractivity contribution >= 4 is 5.91 Å². The molecule has 2 fully saturated rings. The van der Waals surface area contributed by atoms with Crippen LogP contribution >= 0.6 is 0 Å². The van der Waals surface area contributed by atoms with Crippen LogP contribution in [0.15, 0.2) is 24.3 Å². The average Bonchev–Trinajstić information content (AvgIpc) is 2.90. The number of carbonyl (C=O) groups excluding carboxylic acids is 1. The van der Waals surface area contributed by atoms with E-state index in [0.29, 0.717) is 13.0 Å². The van der Waals surface area contributed by atoms with Gasteiger partial charge in [-0.25, -0.2) is 4.39 Å². The maximum atomic E-state index is 13.3. The van der Waals surface area contributed by atoms with Gasteiger partial charge in [0.1, 0.15) is 5.82 Å². The lowest BCUT2D eigenvalue weighted by Crippen LogP contribution is -2.50. The van der Waals surface area contributed by atoms with Crippen molar-refractivity contribution < 1.29 is 14.3 Å². The third kappa shape index (κ3) is 3.88. The molecule has 1 aromatic carbocycles. The second kappa shape index (κ2) is 6.95. The summed E-state index contributed by atoms with van der Waals surface area (Å²) in [5.74, 6) is -0.545. The van der Waals surface area contributed by atoms with Gasteiger partial charge in [-0.05, 0) is 50.0 Å². The summed E-state index contributed by atoms with van der Waals surface area (Å²) in [6.07, 6.45) is 1.86. The van der Waals surface area contributed by atoms with Crippen molar-refractivity contribution in [2.45, 2.75) is 44.0 Å². The van der Waals surface area contributed by atoms with Crippen LogP contribution in [0.1, 0.15) is 24.8 Å². The number of rotatable bonds is 4. The molecule has 0 unspecified atom stereocenters. The van der Waals surface area contributed by atoms with Crippen molar-refractivity contribution in [2.75, 3.05) is 19.6 Å². The predicted molar refractivity (Wildman–Crippen MR) is 85.0 cm³/mol. The lowest BCUT2D eigenvalue weighted by molar-refractivity contribution is -0.123. The molecule has 5 nitrogen and oxygen atoms in total. The molecule has 0 spiro atoms. The topological polar surface area (TPSA) is 69.8 Å². The van der Waals surface area contributed by atoms with Crippen LogP contribution in [0.4, 0.5) is 4.39 Å². The summed E-state index contributed by atoms with van der Waals surface area (Å²) in [5.41, 5.74) is 6.44. The van der Waals surface area contributed by atoms with Crippen molar-refractivity contribution in [1.29, 1.82) is 0 Å². The Morgan fingerprint density at radius 1 is 1.35 bits per heavy atom. The van der Waals surface area contributed by atoms with Crippen molar-refractivity contribution in [1.82, 2.24) is 9.80 Å². The fourth-order valence-electron chi connectivity index (χ4n) is 3.82. The fourth-order valence-corrected chi connectivity index (χ4v) is 3.82. The predicted octanol–water partition coefficient (Wildman–Crippen LogP) is 0.711. The number of hydrogen-bond donors (Lipinski definition) is 2. The minimum atomic E-state index is -0.460. The normalized spacial score (nSPS) is 27.4. The van der Waals surface area contributed by atoms with E-state index in [1.54, 1.807) is 12.1 Å². The zero-order valence-electron chi connectivity index (χ0n) is 13.2. The fraction of sp³-hybridized carbons (Fsp3) is 0.588. The number of carbonyl (C=O) groups is 1. The molecule has 2 aliphatic rings. The molecule has 0 saturated carbocycles. The number of piperidine rings is 1. The van der Waals surface area contributed by atoms with E-state index in [0.717, 1.165) is 38.0 Å². The summed E-state index contributed by atoms with van der Waals surface area (Å²) in [6, 6.07) is 6.65. The molecular weight excluding hydrogens is 297 g/mol. The highest BCUT2D eigenvalue weighted by atomic mass is 19.1. The molecule has 6 heteroatoms. The van der Waals surface area contributed by atoms with E-state index >= 15 is 0 Å². The first-order valence-electron chi connectivity index (χ1n) is 8.23. The van der Waals surface area contributed by atoms with E-state index in [1.807, 2.05) is 6.07 Å². The van der Waals surface area contributed by atoms with E-state index in [4.69, 9.17) is 5.73 Å². The van der Waals surface area contributed by atoms with Crippen molar-refractivity contribution in [3.05, 3.63) is 35.6 Å². The van der Waals surface area contributed by atoms with Crippen LogP contribution in [0.3, 0.4) is 0 Å². The van der Waals surface area contributed by atoms with Crippen LogP contribution in [-0.2, 0) is 11.3 Å². The zero-order valence-corrected chi connectivity index (χ0v) is 13.2. The highest BCUT2D eigenvalue weighted by Crippen LogP contribution is 2.26. The standard InChI is InChI=1S/C17H24FN3O2/c18-13-3-1-2-12(8-13)10-20-6-4-14(5-7-20)21-11-15(22)9-16(21)17(19)23/h1-3,8,14-16,22H,4-7,9-11H2,(H2,19,23)/t15-,16+/m1/s1. The number of nitrogens with zero attached hydrogens (tertiary/aromatic N) is 2. The summed E-state index contributed by atoms with van der Waals surface area (Å²) < 4.78 is 13.3. The highest BCUT2D eigenvalue weighted by molar-refractivity contribution is 5.80. The molecule has 1 aromatic rings. The quantitative estimate of drug-likeness (QED) is 0.857. The molecule has 23 heavy (non-hydrogen) atoms. The Kier molecular flexibility index (Phi) is 4.94. The van der Waals surface area contributed by atoms with Gasteiger partial charge < -0.3 is 10.8 Å². The van der Waals surface area contributed by atoms with Crippen LogP contribution in [0.2, 0.25) is 0 Å². The maximum Gasteiger partial charge on any atom is 0.234 e. The molecular formula is C17H24FN3O2. The molecule has 0 bridgehead atoms. The van der Waals surface area contributed by atoms with Gasteiger partial charge in [-0.1, -0.05) is 12.1 Å². The van der Waals surface area contributed by atoms with Crippen LogP contribution in [0.25, 0.3) is 0 Å². The maximum absolute atomic E-state index is 13.3. The Bertz CT molecular complexity index is 561. The molecule has 2 atom stereocenters. The highest BCUT2D eigenvalue weighted by Gasteiger charge is 2.39. The summed E-state index contributed by atoms with van der Waals surface area (Å²) in [5, 5.41) is 9.83. The third-order valence-electron chi connectivity index (χ3n) is 4.97. The van der Waals surface area contributed by atoms with Gasteiger partial charge in [0.15, 0.2) is 0 Å². The van der Waals surface area contributed by atoms with E-state index in [2.05, 4.69) is 9.80 Å². The first-order chi connectivity index (χ1) is 11.0. The number of likely N-dealkylation sites (tertiary alicyclic amines) is 2. The molecule has 2 saturated heterocycles. The Balaban J connectivity index is 1.55. The second-order valence-electron chi connectivity index (χ2n) is 6.64. The van der Waals surface area contributed by atoms with Crippen molar-refractivity contribution in [3.63, 3.8) is 0 Å². The number of benzene rings is 1. The third-order valence-corrected chi connectivity index (χ3v) is 4.97. The summed E-state index contributed by atoms with van der Waals surface area (Å²) in [7, 11) is 0. The molecule has 0 aliphatic carbocycles. The molecule has 126 valence electrons. The molecule has 2 aliphatic heterocycles. The monoisotopic (exact) mass is 321 g/mol.